The number of piperazine rings is 1. The van der Waals surface area contributed by atoms with Crippen molar-refractivity contribution in [2.75, 3.05) is 39.3 Å². The van der Waals surface area contributed by atoms with Gasteiger partial charge in [0.1, 0.15) is 4.90 Å². The Morgan fingerprint density at radius 3 is 2.46 bits per heavy atom. The Bertz CT molecular complexity index is 812. The van der Waals surface area contributed by atoms with E-state index in [1.165, 1.54) is 10.4 Å². The molecule has 1 saturated carbocycles. The maximum Gasteiger partial charge on any atom is 0.244 e. The van der Waals surface area contributed by atoms with Gasteiger partial charge in [0, 0.05) is 32.2 Å². The summed E-state index contributed by atoms with van der Waals surface area (Å²) < 4.78 is 26.8. The van der Waals surface area contributed by atoms with E-state index in [-0.39, 0.29) is 42.0 Å². The Morgan fingerprint density at radius 2 is 1.88 bits per heavy atom. The molecule has 140 valence electrons. The lowest BCUT2D eigenvalue weighted by molar-refractivity contribution is -0.133. The van der Waals surface area contributed by atoms with E-state index in [0.29, 0.717) is 19.1 Å². The van der Waals surface area contributed by atoms with Crippen molar-refractivity contribution in [3.8, 4) is 6.07 Å². The molecule has 1 aliphatic carbocycles. The summed E-state index contributed by atoms with van der Waals surface area (Å²) in [5, 5.41) is 9.09. The fraction of sp³-hybridized carbons (Fsp3) is 0.529. The van der Waals surface area contributed by atoms with Gasteiger partial charge in [0.25, 0.3) is 0 Å². The Balaban J connectivity index is 1.59. The number of benzene rings is 1. The average Bonchev–Trinajstić information content (AvgIpc) is 3.47. The summed E-state index contributed by atoms with van der Waals surface area (Å²) in [5.41, 5.74) is 0. The number of rotatable bonds is 6. The Morgan fingerprint density at radius 1 is 1.23 bits per heavy atom. The molecule has 0 N–H and O–H groups in total. The second kappa shape index (κ2) is 7.92. The summed E-state index contributed by atoms with van der Waals surface area (Å²) in [6.07, 6.45) is 2.05. The number of halogens is 1. The molecule has 9 heteroatoms. The topological polar surface area (TPSA) is 84.7 Å². The molecule has 1 aromatic carbocycles. The Labute approximate surface area is 158 Å². The van der Waals surface area contributed by atoms with Gasteiger partial charge >= 0.3 is 0 Å². The van der Waals surface area contributed by atoms with Crippen LogP contribution in [-0.2, 0) is 14.8 Å². The summed E-state index contributed by atoms with van der Waals surface area (Å²) in [4.78, 5) is 16.1. The van der Waals surface area contributed by atoms with Crippen LogP contribution in [0.15, 0.2) is 29.2 Å². The van der Waals surface area contributed by atoms with Crippen LogP contribution < -0.4 is 0 Å². The third-order valence-electron chi connectivity index (χ3n) is 4.72. The lowest BCUT2D eigenvalue weighted by atomic mass is 10.3. The molecule has 0 spiro atoms. The highest BCUT2D eigenvalue weighted by Gasteiger charge is 2.34. The van der Waals surface area contributed by atoms with Gasteiger partial charge in [-0.25, -0.2) is 8.42 Å². The lowest BCUT2D eigenvalue weighted by Gasteiger charge is -2.35. The second-order valence-corrected chi connectivity index (χ2v) is 8.82. The molecule has 7 nitrogen and oxygen atoms in total. The molecule has 1 heterocycles. The van der Waals surface area contributed by atoms with Crippen molar-refractivity contribution in [1.82, 2.24) is 14.1 Å². The van der Waals surface area contributed by atoms with Gasteiger partial charge in [-0.05, 0) is 25.0 Å². The van der Waals surface area contributed by atoms with Crippen molar-refractivity contribution in [3.05, 3.63) is 29.3 Å². The highest BCUT2D eigenvalue weighted by molar-refractivity contribution is 7.89. The molecule has 3 rings (SSSR count). The molecule has 0 bridgehead atoms. The van der Waals surface area contributed by atoms with E-state index >= 15 is 0 Å². The molecule has 26 heavy (non-hydrogen) atoms. The zero-order valence-corrected chi connectivity index (χ0v) is 15.9. The fourth-order valence-corrected chi connectivity index (χ4v) is 5.00. The Kier molecular flexibility index (Phi) is 5.82. The van der Waals surface area contributed by atoms with E-state index in [1.54, 1.807) is 23.1 Å². The number of nitriles is 1. The number of carbonyl (C=O) groups excluding carboxylic acids is 1. The SMILES string of the molecule is N#CCN(CC(=O)N1CCN(S(=O)(=O)c2ccccc2Cl)CC1)C1CC1. The third kappa shape index (κ3) is 4.18. The molecule has 1 saturated heterocycles. The summed E-state index contributed by atoms with van der Waals surface area (Å²) >= 11 is 6.03. The van der Waals surface area contributed by atoms with Crippen molar-refractivity contribution in [2.45, 2.75) is 23.8 Å². The standard InChI is InChI=1S/C17H21ClN4O3S/c18-15-3-1-2-4-16(15)26(24,25)22-11-9-20(10-12-22)17(23)13-21(8-7-19)14-5-6-14/h1-4,14H,5-6,8-13H2. The number of hydrogen-bond acceptors (Lipinski definition) is 5. The van der Waals surface area contributed by atoms with Gasteiger partial charge in [0.05, 0.1) is 24.2 Å². The van der Waals surface area contributed by atoms with Gasteiger partial charge in [0.2, 0.25) is 15.9 Å². The van der Waals surface area contributed by atoms with Gasteiger partial charge in [-0.15, -0.1) is 0 Å². The minimum Gasteiger partial charge on any atom is -0.339 e. The summed E-state index contributed by atoms with van der Waals surface area (Å²) in [6, 6.07) is 8.80. The molecule has 2 fully saturated rings. The lowest BCUT2D eigenvalue weighted by Crippen LogP contribution is -2.52. The van der Waals surface area contributed by atoms with Gasteiger partial charge in [-0.3, -0.25) is 9.69 Å². The van der Waals surface area contributed by atoms with Crippen LogP contribution in [-0.4, -0.2) is 73.7 Å². The largest absolute Gasteiger partial charge is 0.339 e. The molecule has 1 amide bonds. The normalized spacial score (nSPS) is 18.7. The van der Waals surface area contributed by atoms with E-state index < -0.39 is 10.0 Å². The molecular weight excluding hydrogens is 376 g/mol. The van der Waals surface area contributed by atoms with Crippen LogP contribution in [0.4, 0.5) is 0 Å². The Hall–Kier alpha value is -1.66. The van der Waals surface area contributed by atoms with E-state index in [9.17, 15) is 13.2 Å². The molecule has 2 aliphatic rings. The van der Waals surface area contributed by atoms with Crippen molar-refractivity contribution >= 4 is 27.5 Å². The smallest absolute Gasteiger partial charge is 0.244 e. The average molecular weight is 397 g/mol. The number of sulfonamides is 1. The molecule has 0 atom stereocenters. The van der Waals surface area contributed by atoms with Crippen molar-refractivity contribution in [2.24, 2.45) is 0 Å². The molecule has 0 unspecified atom stereocenters. The molecule has 1 aliphatic heterocycles. The first-order chi connectivity index (χ1) is 12.4. The van der Waals surface area contributed by atoms with Gasteiger partial charge in [-0.1, -0.05) is 23.7 Å². The maximum absolute atomic E-state index is 12.7. The van der Waals surface area contributed by atoms with E-state index in [0.717, 1.165) is 12.8 Å². The van der Waals surface area contributed by atoms with E-state index in [2.05, 4.69) is 6.07 Å². The minimum atomic E-state index is -3.67. The predicted octanol–water partition coefficient (Wildman–Crippen LogP) is 1.16. The van der Waals surface area contributed by atoms with Gasteiger partial charge in [-0.2, -0.15) is 9.57 Å². The zero-order chi connectivity index (χ0) is 18.7. The van der Waals surface area contributed by atoms with Gasteiger partial charge in [0.15, 0.2) is 0 Å². The van der Waals surface area contributed by atoms with Crippen LogP contribution >= 0.6 is 11.6 Å². The monoisotopic (exact) mass is 396 g/mol. The van der Waals surface area contributed by atoms with Crippen LogP contribution in [0.1, 0.15) is 12.8 Å². The first kappa shape index (κ1) is 19.1. The van der Waals surface area contributed by atoms with Gasteiger partial charge < -0.3 is 4.90 Å². The first-order valence-electron chi connectivity index (χ1n) is 8.57. The zero-order valence-electron chi connectivity index (χ0n) is 14.3. The van der Waals surface area contributed by atoms with Crippen molar-refractivity contribution in [1.29, 1.82) is 5.26 Å². The van der Waals surface area contributed by atoms with E-state index in [1.807, 2.05) is 4.90 Å². The van der Waals surface area contributed by atoms with Crippen LogP contribution in [0.25, 0.3) is 0 Å². The molecular formula is C17H21ClN4O3S. The summed E-state index contributed by atoms with van der Waals surface area (Å²) in [7, 11) is -3.67. The highest BCUT2D eigenvalue weighted by Crippen LogP contribution is 2.27. The molecule has 0 aromatic heterocycles. The third-order valence-corrected chi connectivity index (χ3v) is 7.12. The highest BCUT2D eigenvalue weighted by atomic mass is 35.5. The minimum absolute atomic E-state index is 0.0538. The number of nitrogens with zero attached hydrogens (tertiary/aromatic N) is 4. The first-order valence-corrected chi connectivity index (χ1v) is 10.4. The second-order valence-electron chi connectivity index (χ2n) is 6.51. The summed E-state index contributed by atoms with van der Waals surface area (Å²) in [6.45, 7) is 1.62. The van der Waals surface area contributed by atoms with Crippen molar-refractivity contribution < 1.29 is 13.2 Å². The van der Waals surface area contributed by atoms with Crippen LogP contribution in [0.5, 0.6) is 0 Å². The number of hydrogen-bond donors (Lipinski definition) is 0. The van der Waals surface area contributed by atoms with Crippen LogP contribution in [0, 0.1) is 11.3 Å². The van der Waals surface area contributed by atoms with Crippen molar-refractivity contribution in [3.63, 3.8) is 0 Å². The van der Waals surface area contributed by atoms with Crippen LogP contribution in [0.2, 0.25) is 5.02 Å². The van der Waals surface area contributed by atoms with Crippen LogP contribution in [0.3, 0.4) is 0 Å². The number of amides is 1. The molecule has 1 aromatic rings. The predicted molar refractivity (Wildman–Crippen MR) is 97.0 cm³/mol. The molecule has 0 radical (unpaired) electrons. The number of carbonyl (C=O) groups is 1. The summed E-state index contributed by atoms with van der Waals surface area (Å²) in [5.74, 6) is -0.0538. The maximum atomic E-state index is 12.7. The van der Waals surface area contributed by atoms with E-state index in [4.69, 9.17) is 16.9 Å². The quantitative estimate of drug-likeness (QED) is 0.673. The fourth-order valence-electron chi connectivity index (χ4n) is 3.09.